The predicted molar refractivity (Wildman–Crippen MR) is 105 cm³/mol. The third kappa shape index (κ3) is 4.87. The smallest absolute Gasteiger partial charge is 0.197 e. The fourth-order valence-electron chi connectivity index (χ4n) is 3.12. The number of para-hydroxylation sites is 2. The molecule has 0 bridgehead atoms. The molecule has 0 spiro atoms. The maximum absolute atomic E-state index is 10.3. The summed E-state index contributed by atoms with van der Waals surface area (Å²) in [4.78, 5) is 8.79. The van der Waals surface area contributed by atoms with Crippen LogP contribution in [0, 0.1) is 6.92 Å². The summed E-state index contributed by atoms with van der Waals surface area (Å²) in [6.45, 7) is 9.19. The average molecular weight is 378 g/mol. The van der Waals surface area contributed by atoms with Crippen molar-refractivity contribution in [2.24, 2.45) is 0 Å². The molecule has 1 aliphatic heterocycles. The Bertz CT molecular complexity index is 686. The lowest BCUT2D eigenvalue weighted by molar-refractivity contribution is 0.0673. The number of benzene rings is 1. The molecule has 1 N–H and O–H groups in total. The van der Waals surface area contributed by atoms with Crippen LogP contribution >= 0.6 is 11.3 Å². The van der Waals surface area contributed by atoms with E-state index in [2.05, 4.69) is 20.9 Å². The first-order chi connectivity index (χ1) is 12.7. The zero-order chi connectivity index (χ0) is 18.4. The van der Waals surface area contributed by atoms with Crippen LogP contribution in [-0.2, 0) is 0 Å². The van der Waals surface area contributed by atoms with Crippen molar-refractivity contribution in [2.75, 3.05) is 50.8 Å². The van der Waals surface area contributed by atoms with Crippen LogP contribution in [0.3, 0.4) is 0 Å². The minimum absolute atomic E-state index is 0.302. The van der Waals surface area contributed by atoms with Crippen LogP contribution in [0.2, 0.25) is 0 Å². The van der Waals surface area contributed by atoms with Crippen LogP contribution in [0.5, 0.6) is 10.8 Å². The summed E-state index contributed by atoms with van der Waals surface area (Å²) >= 11 is 1.46. The topological polar surface area (TPSA) is 58.1 Å². The summed E-state index contributed by atoms with van der Waals surface area (Å²) in [7, 11) is 0. The fraction of sp³-hybridized carbons (Fsp3) is 0.526. The molecule has 26 heavy (non-hydrogen) atoms. The van der Waals surface area contributed by atoms with Crippen LogP contribution in [0.25, 0.3) is 0 Å². The molecule has 1 atom stereocenters. The van der Waals surface area contributed by atoms with Crippen molar-refractivity contribution in [3.05, 3.63) is 35.5 Å². The molecule has 1 aromatic heterocycles. The van der Waals surface area contributed by atoms with Gasteiger partial charge in [-0.3, -0.25) is 4.90 Å². The predicted octanol–water partition coefficient (Wildman–Crippen LogP) is 2.41. The van der Waals surface area contributed by atoms with Crippen molar-refractivity contribution in [3.63, 3.8) is 0 Å². The quantitative estimate of drug-likeness (QED) is 0.762. The number of β-amino-alcohol motifs (C(OH)–C–C–N with tert-alkyl or cyclic N) is 1. The third-order valence-corrected chi connectivity index (χ3v) is 5.29. The molecule has 0 saturated carbocycles. The summed E-state index contributed by atoms with van der Waals surface area (Å²) in [6, 6.07) is 8.19. The highest BCUT2D eigenvalue weighted by atomic mass is 32.1. The van der Waals surface area contributed by atoms with E-state index in [9.17, 15) is 5.11 Å². The molecule has 1 aliphatic rings. The van der Waals surface area contributed by atoms with Crippen LogP contribution in [0.4, 0.5) is 5.69 Å². The van der Waals surface area contributed by atoms with Gasteiger partial charge in [-0.1, -0.05) is 23.5 Å². The monoisotopic (exact) mass is 377 g/mol. The number of ether oxygens (including phenoxy) is 2. The Morgan fingerprint density at radius 3 is 2.65 bits per heavy atom. The first-order valence-electron chi connectivity index (χ1n) is 9.07. The number of aliphatic hydroxyl groups is 1. The zero-order valence-corrected chi connectivity index (χ0v) is 16.2. The molecule has 2 aromatic rings. The number of hydrogen-bond donors (Lipinski definition) is 1. The van der Waals surface area contributed by atoms with Gasteiger partial charge in [0.15, 0.2) is 5.06 Å². The number of piperazine rings is 1. The molecule has 1 aromatic carbocycles. The Hall–Kier alpha value is -1.83. The summed E-state index contributed by atoms with van der Waals surface area (Å²) in [5.74, 6) is 0.941. The number of aryl methyl sites for hydroxylation is 1. The van der Waals surface area contributed by atoms with Crippen molar-refractivity contribution in [1.29, 1.82) is 0 Å². The van der Waals surface area contributed by atoms with Crippen molar-refractivity contribution in [1.82, 2.24) is 9.88 Å². The van der Waals surface area contributed by atoms with Gasteiger partial charge in [0.2, 0.25) is 0 Å². The molecule has 0 amide bonds. The first-order valence-corrected chi connectivity index (χ1v) is 9.95. The number of rotatable bonds is 8. The van der Waals surface area contributed by atoms with Gasteiger partial charge in [0, 0.05) is 32.7 Å². The van der Waals surface area contributed by atoms with Crippen molar-refractivity contribution in [3.8, 4) is 10.8 Å². The van der Waals surface area contributed by atoms with Gasteiger partial charge in [-0.2, -0.15) is 0 Å². The Kier molecular flexibility index (Phi) is 6.71. The van der Waals surface area contributed by atoms with E-state index in [1.54, 1.807) is 5.51 Å². The highest BCUT2D eigenvalue weighted by Gasteiger charge is 2.21. The number of aliphatic hydroxyl groups excluding tert-OH is 1. The molecule has 3 rings (SSSR count). The summed E-state index contributed by atoms with van der Waals surface area (Å²) in [6.07, 6.45) is -0.501. The number of hydrogen-bond acceptors (Lipinski definition) is 7. The van der Waals surface area contributed by atoms with E-state index in [-0.39, 0.29) is 0 Å². The van der Waals surface area contributed by atoms with Crippen molar-refractivity contribution < 1.29 is 14.6 Å². The zero-order valence-electron chi connectivity index (χ0n) is 15.4. The Balaban J connectivity index is 1.46. The average Bonchev–Trinajstić information content (AvgIpc) is 3.06. The second kappa shape index (κ2) is 9.21. The number of thiazole rings is 1. The molecule has 0 radical (unpaired) electrons. The SMILES string of the molecule is CCOc1ccccc1N1CCN(CC(O)COc2scnc2C)CC1. The lowest BCUT2D eigenvalue weighted by Gasteiger charge is -2.37. The minimum Gasteiger partial charge on any atom is -0.492 e. The summed E-state index contributed by atoms with van der Waals surface area (Å²) in [5.41, 5.74) is 3.79. The standard InChI is InChI=1S/C19H27N3O3S/c1-3-24-18-7-5-4-6-17(18)22-10-8-21(9-11-22)12-16(23)13-25-19-15(2)20-14-26-19/h4-7,14,16,23H,3,8-13H2,1-2H3. The van der Waals surface area contributed by atoms with Gasteiger partial charge in [-0.05, 0) is 26.0 Å². The Morgan fingerprint density at radius 1 is 1.19 bits per heavy atom. The Labute approximate surface area is 159 Å². The molecule has 1 unspecified atom stereocenters. The van der Waals surface area contributed by atoms with E-state index in [1.165, 1.54) is 11.3 Å². The molecule has 1 saturated heterocycles. The van der Waals surface area contributed by atoms with Gasteiger partial charge >= 0.3 is 0 Å². The van der Waals surface area contributed by atoms with Crippen LogP contribution in [-0.4, -0.2) is 67.0 Å². The van der Waals surface area contributed by atoms with Crippen molar-refractivity contribution >= 4 is 17.0 Å². The maximum atomic E-state index is 10.3. The third-order valence-electron chi connectivity index (χ3n) is 4.46. The van der Waals surface area contributed by atoms with Gasteiger partial charge in [0.25, 0.3) is 0 Å². The van der Waals surface area contributed by atoms with E-state index in [1.807, 2.05) is 32.0 Å². The second-order valence-corrected chi connectivity index (χ2v) is 7.20. The minimum atomic E-state index is -0.501. The molecular weight excluding hydrogens is 350 g/mol. The van der Waals surface area contributed by atoms with E-state index < -0.39 is 6.10 Å². The van der Waals surface area contributed by atoms with E-state index >= 15 is 0 Å². The van der Waals surface area contributed by atoms with Gasteiger partial charge in [0.05, 0.1) is 23.5 Å². The largest absolute Gasteiger partial charge is 0.492 e. The highest BCUT2D eigenvalue weighted by Crippen LogP contribution is 2.28. The fourth-order valence-corrected chi connectivity index (χ4v) is 3.79. The number of nitrogens with zero attached hydrogens (tertiary/aromatic N) is 3. The van der Waals surface area contributed by atoms with E-state index in [0.717, 1.165) is 48.4 Å². The van der Waals surface area contributed by atoms with Gasteiger partial charge in [-0.25, -0.2) is 4.98 Å². The molecule has 7 heteroatoms. The van der Waals surface area contributed by atoms with Gasteiger partial charge < -0.3 is 19.5 Å². The molecule has 1 fully saturated rings. The Morgan fingerprint density at radius 2 is 1.96 bits per heavy atom. The molecule has 2 heterocycles. The molecule has 6 nitrogen and oxygen atoms in total. The normalized spacial score (nSPS) is 16.5. The summed E-state index contributed by atoms with van der Waals surface area (Å²) in [5, 5.41) is 11.1. The van der Waals surface area contributed by atoms with Crippen LogP contribution < -0.4 is 14.4 Å². The van der Waals surface area contributed by atoms with Crippen LogP contribution in [0.15, 0.2) is 29.8 Å². The lowest BCUT2D eigenvalue weighted by Crippen LogP contribution is -2.49. The molecular formula is C19H27N3O3S. The van der Waals surface area contributed by atoms with Gasteiger partial charge in [-0.15, -0.1) is 0 Å². The number of anilines is 1. The van der Waals surface area contributed by atoms with E-state index in [0.29, 0.717) is 19.8 Å². The van der Waals surface area contributed by atoms with Crippen molar-refractivity contribution in [2.45, 2.75) is 20.0 Å². The highest BCUT2D eigenvalue weighted by molar-refractivity contribution is 7.11. The second-order valence-electron chi connectivity index (χ2n) is 6.38. The summed E-state index contributed by atoms with van der Waals surface area (Å²) < 4.78 is 11.4. The first kappa shape index (κ1) is 18.9. The van der Waals surface area contributed by atoms with Gasteiger partial charge in [0.1, 0.15) is 18.5 Å². The number of aromatic nitrogens is 1. The van der Waals surface area contributed by atoms with E-state index in [4.69, 9.17) is 9.47 Å². The van der Waals surface area contributed by atoms with Crippen LogP contribution in [0.1, 0.15) is 12.6 Å². The molecule has 0 aliphatic carbocycles. The maximum Gasteiger partial charge on any atom is 0.197 e. The molecule has 142 valence electrons. The lowest BCUT2D eigenvalue weighted by atomic mass is 10.2.